The van der Waals surface area contributed by atoms with Crippen LogP contribution in [0.15, 0.2) is 12.3 Å². The number of amides is 2. The predicted octanol–water partition coefficient (Wildman–Crippen LogP) is 1.80. The van der Waals surface area contributed by atoms with Crippen LogP contribution in [0, 0.1) is 0 Å². The SMILES string of the molecule is CCCCCCNC(=O)NCc1ccnn1C. The molecule has 0 bridgehead atoms. The van der Waals surface area contributed by atoms with Gasteiger partial charge in [-0.1, -0.05) is 26.2 Å². The monoisotopic (exact) mass is 238 g/mol. The fourth-order valence-corrected chi connectivity index (χ4v) is 1.56. The van der Waals surface area contributed by atoms with Crippen LogP contribution in [-0.2, 0) is 13.6 Å². The average Bonchev–Trinajstić information content (AvgIpc) is 2.72. The van der Waals surface area contributed by atoms with E-state index in [4.69, 9.17) is 0 Å². The van der Waals surface area contributed by atoms with Crippen molar-refractivity contribution >= 4 is 6.03 Å². The number of aryl methyl sites for hydroxylation is 1. The van der Waals surface area contributed by atoms with E-state index in [9.17, 15) is 4.79 Å². The number of hydrogen-bond donors (Lipinski definition) is 2. The van der Waals surface area contributed by atoms with Gasteiger partial charge in [0, 0.05) is 19.8 Å². The number of unbranched alkanes of at least 4 members (excludes halogenated alkanes) is 3. The summed E-state index contributed by atoms with van der Waals surface area (Å²) in [4.78, 5) is 11.4. The van der Waals surface area contributed by atoms with E-state index in [1.807, 2.05) is 13.1 Å². The fraction of sp³-hybridized carbons (Fsp3) is 0.667. The number of urea groups is 1. The van der Waals surface area contributed by atoms with Gasteiger partial charge >= 0.3 is 6.03 Å². The Morgan fingerprint density at radius 2 is 2.18 bits per heavy atom. The summed E-state index contributed by atoms with van der Waals surface area (Å²) in [6.45, 7) is 3.43. The Bertz CT molecular complexity index is 335. The van der Waals surface area contributed by atoms with Crippen LogP contribution >= 0.6 is 0 Å². The molecule has 2 amide bonds. The van der Waals surface area contributed by atoms with Crippen LogP contribution in [0.3, 0.4) is 0 Å². The minimum absolute atomic E-state index is 0.109. The highest BCUT2D eigenvalue weighted by Gasteiger charge is 2.01. The molecule has 1 rings (SSSR count). The summed E-state index contributed by atoms with van der Waals surface area (Å²) in [5, 5.41) is 9.69. The lowest BCUT2D eigenvalue weighted by Crippen LogP contribution is -2.35. The zero-order valence-electron chi connectivity index (χ0n) is 10.7. The molecule has 0 aliphatic heterocycles. The molecule has 96 valence electrons. The van der Waals surface area contributed by atoms with Gasteiger partial charge in [0.1, 0.15) is 0 Å². The van der Waals surface area contributed by atoms with Crippen molar-refractivity contribution in [2.24, 2.45) is 7.05 Å². The maximum absolute atomic E-state index is 11.4. The molecule has 1 heterocycles. The van der Waals surface area contributed by atoms with Crippen molar-refractivity contribution in [3.05, 3.63) is 18.0 Å². The van der Waals surface area contributed by atoms with E-state index in [-0.39, 0.29) is 6.03 Å². The number of nitrogens with zero attached hydrogens (tertiary/aromatic N) is 2. The molecule has 0 atom stereocenters. The molecule has 0 unspecified atom stereocenters. The minimum atomic E-state index is -0.109. The molecule has 2 N–H and O–H groups in total. The van der Waals surface area contributed by atoms with Gasteiger partial charge in [-0.25, -0.2) is 4.79 Å². The number of carbonyl (C=O) groups excluding carboxylic acids is 1. The molecule has 1 aromatic rings. The Hall–Kier alpha value is -1.52. The number of nitrogens with one attached hydrogen (secondary N) is 2. The van der Waals surface area contributed by atoms with E-state index < -0.39 is 0 Å². The Morgan fingerprint density at radius 3 is 2.82 bits per heavy atom. The highest BCUT2D eigenvalue weighted by molar-refractivity contribution is 5.73. The fourth-order valence-electron chi connectivity index (χ4n) is 1.56. The van der Waals surface area contributed by atoms with Gasteiger partial charge in [-0.15, -0.1) is 0 Å². The Kier molecular flexibility index (Phi) is 6.14. The summed E-state index contributed by atoms with van der Waals surface area (Å²) in [7, 11) is 1.86. The van der Waals surface area contributed by atoms with Crippen molar-refractivity contribution in [3.8, 4) is 0 Å². The quantitative estimate of drug-likeness (QED) is 0.712. The van der Waals surface area contributed by atoms with E-state index in [0.717, 1.165) is 18.7 Å². The Morgan fingerprint density at radius 1 is 1.35 bits per heavy atom. The van der Waals surface area contributed by atoms with Gasteiger partial charge < -0.3 is 10.6 Å². The van der Waals surface area contributed by atoms with E-state index >= 15 is 0 Å². The zero-order valence-corrected chi connectivity index (χ0v) is 10.7. The molecule has 0 saturated carbocycles. The van der Waals surface area contributed by atoms with Crippen LogP contribution < -0.4 is 10.6 Å². The summed E-state index contributed by atoms with van der Waals surface area (Å²) < 4.78 is 1.75. The van der Waals surface area contributed by atoms with Gasteiger partial charge in [0.25, 0.3) is 0 Å². The van der Waals surface area contributed by atoms with Crippen molar-refractivity contribution in [1.82, 2.24) is 20.4 Å². The normalized spacial score (nSPS) is 10.2. The summed E-state index contributed by atoms with van der Waals surface area (Å²) in [5.74, 6) is 0. The standard InChI is InChI=1S/C12H22N4O/c1-3-4-5-6-8-13-12(17)14-10-11-7-9-15-16(11)2/h7,9H,3-6,8,10H2,1-2H3,(H2,13,14,17). The maximum Gasteiger partial charge on any atom is 0.315 e. The smallest absolute Gasteiger partial charge is 0.315 e. The number of rotatable bonds is 7. The molecular formula is C12H22N4O. The molecule has 5 nitrogen and oxygen atoms in total. The van der Waals surface area contributed by atoms with Crippen molar-refractivity contribution in [2.45, 2.75) is 39.2 Å². The molecule has 0 fully saturated rings. The second kappa shape index (κ2) is 7.70. The number of hydrogen-bond acceptors (Lipinski definition) is 2. The molecule has 0 saturated heterocycles. The van der Waals surface area contributed by atoms with Gasteiger partial charge in [-0.3, -0.25) is 4.68 Å². The van der Waals surface area contributed by atoms with Gasteiger partial charge in [0.05, 0.1) is 12.2 Å². The third kappa shape index (κ3) is 5.38. The molecule has 0 radical (unpaired) electrons. The van der Waals surface area contributed by atoms with Crippen molar-refractivity contribution < 1.29 is 4.79 Å². The molecule has 17 heavy (non-hydrogen) atoms. The van der Waals surface area contributed by atoms with Crippen LogP contribution in [0.1, 0.15) is 38.3 Å². The summed E-state index contributed by atoms with van der Waals surface area (Å²) in [6, 6.07) is 1.78. The Balaban J connectivity index is 2.07. The minimum Gasteiger partial charge on any atom is -0.338 e. The molecule has 0 spiro atoms. The highest BCUT2D eigenvalue weighted by Crippen LogP contribution is 1.97. The van der Waals surface area contributed by atoms with Crippen molar-refractivity contribution in [2.75, 3.05) is 6.54 Å². The lowest BCUT2D eigenvalue weighted by Gasteiger charge is -2.07. The molecule has 5 heteroatoms. The lowest BCUT2D eigenvalue weighted by atomic mass is 10.2. The topological polar surface area (TPSA) is 59.0 Å². The first kappa shape index (κ1) is 13.5. The van der Waals surface area contributed by atoms with Gasteiger partial charge in [0.15, 0.2) is 0 Å². The second-order valence-electron chi connectivity index (χ2n) is 4.12. The largest absolute Gasteiger partial charge is 0.338 e. The number of carbonyl (C=O) groups is 1. The van der Waals surface area contributed by atoms with E-state index in [2.05, 4.69) is 22.7 Å². The van der Waals surface area contributed by atoms with Crippen LogP contribution in [0.2, 0.25) is 0 Å². The summed E-state index contributed by atoms with van der Waals surface area (Å²) >= 11 is 0. The van der Waals surface area contributed by atoms with E-state index in [0.29, 0.717) is 6.54 Å². The highest BCUT2D eigenvalue weighted by atomic mass is 16.2. The first-order valence-electron chi connectivity index (χ1n) is 6.22. The zero-order chi connectivity index (χ0) is 12.5. The predicted molar refractivity (Wildman–Crippen MR) is 67.6 cm³/mol. The van der Waals surface area contributed by atoms with Crippen LogP contribution in [-0.4, -0.2) is 22.4 Å². The first-order chi connectivity index (χ1) is 8.24. The van der Waals surface area contributed by atoms with E-state index in [1.54, 1.807) is 10.9 Å². The van der Waals surface area contributed by atoms with Crippen molar-refractivity contribution in [3.63, 3.8) is 0 Å². The van der Waals surface area contributed by atoms with Crippen LogP contribution in [0.5, 0.6) is 0 Å². The maximum atomic E-state index is 11.4. The van der Waals surface area contributed by atoms with Gasteiger partial charge in [-0.2, -0.15) is 5.10 Å². The van der Waals surface area contributed by atoms with Gasteiger partial charge in [-0.05, 0) is 12.5 Å². The second-order valence-corrected chi connectivity index (χ2v) is 4.12. The Labute approximate surface area is 103 Å². The molecule has 0 aliphatic rings. The van der Waals surface area contributed by atoms with Gasteiger partial charge in [0.2, 0.25) is 0 Å². The average molecular weight is 238 g/mol. The van der Waals surface area contributed by atoms with Crippen LogP contribution in [0.4, 0.5) is 4.79 Å². The number of aromatic nitrogens is 2. The first-order valence-corrected chi connectivity index (χ1v) is 6.22. The molecule has 0 aromatic carbocycles. The lowest BCUT2D eigenvalue weighted by molar-refractivity contribution is 0.240. The summed E-state index contributed by atoms with van der Waals surface area (Å²) in [5.41, 5.74) is 0.992. The third-order valence-electron chi connectivity index (χ3n) is 2.67. The molecular weight excluding hydrogens is 216 g/mol. The third-order valence-corrected chi connectivity index (χ3v) is 2.67. The molecule has 1 aromatic heterocycles. The van der Waals surface area contributed by atoms with Crippen molar-refractivity contribution in [1.29, 1.82) is 0 Å². The van der Waals surface area contributed by atoms with Crippen LogP contribution in [0.25, 0.3) is 0 Å². The van der Waals surface area contributed by atoms with E-state index in [1.165, 1.54) is 19.3 Å². The molecule has 0 aliphatic carbocycles. The summed E-state index contributed by atoms with van der Waals surface area (Å²) in [6.07, 6.45) is 6.40.